The monoisotopic (exact) mass is 253 g/mol. The fourth-order valence-corrected chi connectivity index (χ4v) is 1.65. The first kappa shape index (κ1) is 14.4. The van der Waals surface area contributed by atoms with Gasteiger partial charge < -0.3 is 16.8 Å². The van der Waals surface area contributed by atoms with Gasteiger partial charge in [-0.05, 0) is 31.0 Å². The van der Waals surface area contributed by atoms with Crippen LogP contribution < -0.4 is 16.8 Å². The smallest absolute Gasteiger partial charge is 0.250 e. The van der Waals surface area contributed by atoms with Crippen LogP contribution in [0.25, 0.3) is 0 Å². The van der Waals surface area contributed by atoms with Crippen molar-refractivity contribution in [2.45, 2.75) is 32.2 Å². The number of nitrogens with two attached hydrogens (primary N) is 2. The van der Waals surface area contributed by atoms with E-state index in [4.69, 9.17) is 11.5 Å². The standard InChI is InChI=1S/C13H20FN3O/c1-3-13(16,4-2)8-17-11-6-5-9(14)7-10(11)12(15)18/h5-7,17H,3-4,8,16H2,1-2H3,(H2,15,18). The molecule has 0 saturated heterocycles. The van der Waals surface area contributed by atoms with Crippen LogP contribution >= 0.6 is 0 Å². The van der Waals surface area contributed by atoms with Gasteiger partial charge in [-0.25, -0.2) is 4.39 Å². The Bertz CT molecular complexity index is 430. The molecule has 0 aromatic heterocycles. The number of amides is 1. The van der Waals surface area contributed by atoms with E-state index in [9.17, 15) is 9.18 Å². The van der Waals surface area contributed by atoms with Gasteiger partial charge in [-0.1, -0.05) is 13.8 Å². The molecule has 0 atom stereocenters. The number of rotatable bonds is 6. The summed E-state index contributed by atoms with van der Waals surface area (Å²) in [4.78, 5) is 11.2. The molecule has 1 rings (SSSR count). The molecule has 0 aliphatic heterocycles. The molecule has 4 nitrogen and oxygen atoms in total. The summed E-state index contributed by atoms with van der Waals surface area (Å²) in [6.07, 6.45) is 1.62. The van der Waals surface area contributed by atoms with Crippen molar-refractivity contribution >= 4 is 11.6 Å². The summed E-state index contributed by atoms with van der Waals surface area (Å²) in [6, 6.07) is 3.91. The zero-order valence-corrected chi connectivity index (χ0v) is 10.8. The molecule has 1 aromatic rings. The number of hydrogen-bond donors (Lipinski definition) is 3. The first-order valence-electron chi connectivity index (χ1n) is 6.04. The second-order valence-corrected chi connectivity index (χ2v) is 4.48. The number of halogens is 1. The maximum absolute atomic E-state index is 13.1. The molecule has 0 bridgehead atoms. The van der Waals surface area contributed by atoms with Gasteiger partial charge in [0.25, 0.3) is 5.91 Å². The highest BCUT2D eigenvalue weighted by molar-refractivity contribution is 5.98. The molecular formula is C13H20FN3O. The fourth-order valence-electron chi connectivity index (χ4n) is 1.65. The maximum Gasteiger partial charge on any atom is 0.250 e. The number of hydrogen-bond acceptors (Lipinski definition) is 3. The Morgan fingerprint density at radius 1 is 1.39 bits per heavy atom. The number of carbonyl (C=O) groups excluding carboxylic acids is 1. The Balaban J connectivity index is 2.88. The molecule has 1 amide bonds. The third-order valence-electron chi connectivity index (χ3n) is 3.29. The van der Waals surface area contributed by atoms with Crippen molar-refractivity contribution in [1.82, 2.24) is 0 Å². The van der Waals surface area contributed by atoms with Crippen molar-refractivity contribution in [1.29, 1.82) is 0 Å². The Kier molecular flexibility index (Phi) is 4.67. The number of primary amides is 1. The Morgan fingerprint density at radius 2 is 2.00 bits per heavy atom. The van der Waals surface area contributed by atoms with Gasteiger partial charge in [0.15, 0.2) is 0 Å². The van der Waals surface area contributed by atoms with Gasteiger partial charge in [-0.2, -0.15) is 0 Å². The van der Waals surface area contributed by atoms with E-state index in [0.29, 0.717) is 12.2 Å². The normalized spacial score (nSPS) is 11.3. The Labute approximate surface area is 107 Å². The summed E-state index contributed by atoms with van der Waals surface area (Å²) in [5, 5.41) is 3.07. The van der Waals surface area contributed by atoms with Gasteiger partial charge in [-0.15, -0.1) is 0 Å². The van der Waals surface area contributed by atoms with E-state index in [1.54, 1.807) is 0 Å². The lowest BCUT2D eigenvalue weighted by molar-refractivity contribution is 0.100. The minimum Gasteiger partial charge on any atom is -0.383 e. The molecule has 0 fully saturated rings. The first-order chi connectivity index (χ1) is 8.41. The highest BCUT2D eigenvalue weighted by atomic mass is 19.1. The average molecular weight is 253 g/mol. The van der Waals surface area contributed by atoms with Gasteiger partial charge >= 0.3 is 0 Å². The molecular weight excluding hydrogens is 233 g/mol. The van der Waals surface area contributed by atoms with E-state index in [2.05, 4.69) is 5.32 Å². The van der Waals surface area contributed by atoms with Gasteiger partial charge in [0.05, 0.1) is 5.56 Å². The first-order valence-corrected chi connectivity index (χ1v) is 6.04. The van der Waals surface area contributed by atoms with E-state index >= 15 is 0 Å². The van der Waals surface area contributed by atoms with Crippen molar-refractivity contribution in [3.05, 3.63) is 29.6 Å². The number of benzene rings is 1. The summed E-state index contributed by atoms with van der Waals surface area (Å²) < 4.78 is 13.1. The summed E-state index contributed by atoms with van der Waals surface area (Å²) in [5.41, 5.74) is 11.7. The van der Waals surface area contributed by atoms with Crippen molar-refractivity contribution in [3.8, 4) is 0 Å². The third kappa shape index (κ3) is 3.43. The van der Waals surface area contributed by atoms with E-state index in [1.165, 1.54) is 12.1 Å². The lowest BCUT2D eigenvalue weighted by Gasteiger charge is -2.27. The average Bonchev–Trinajstić information content (AvgIpc) is 2.36. The van der Waals surface area contributed by atoms with E-state index in [-0.39, 0.29) is 11.1 Å². The van der Waals surface area contributed by atoms with Crippen molar-refractivity contribution in [2.24, 2.45) is 11.5 Å². The highest BCUT2D eigenvalue weighted by Crippen LogP contribution is 2.19. The van der Waals surface area contributed by atoms with Crippen molar-refractivity contribution in [3.63, 3.8) is 0 Å². The maximum atomic E-state index is 13.1. The zero-order chi connectivity index (χ0) is 13.8. The zero-order valence-electron chi connectivity index (χ0n) is 10.8. The number of anilines is 1. The van der Waals surface area contributed by atoms with Crippen molar-refractivity contribution < 1.29 is 9.18 Å². The predicted octanol–water partition coefficient (Wildman–Crippen LogP) is 1.85. The largest absolute Gasteiger partial charge is 0.383 e. The van der Waals surface area contributed by atoms with Crippen LogP contribution in [-0.4, -0.2) is 18.0 Å². The molecule has 0 spiro atoms. The summed E-state index contributed by atoms with van der Waals surface area (Å²) in [7, 11) is 0. The molecule has 100 valence electrons. The summed E-state index contributed by atoms with van der Waals surface area (Å²) in [6.45, 7) is 4.52. The molecule has 0 aliphatic carbocycles. The summed E-state index contributed by atoms with van der Waals surface area (Å²) >= 11 is 0. The minimum absolute atomic E-state index is 0.143. The van der Waals surface area contributed by atoms with Crippen LogP contribution in [0.2, 0.25) is 0 Å². The van der Waals surface area contributed by atoms with Gasteiger partial charge in [0.2, 0.25) is 0 Å². The van der Waals surface area contributed by atoms with E-state index in [1.807, 2.05) is 13.8 Å². The van der Waals surface area contributed by atoms with Crippen LogP contribution in [0, 0.1) is 5.82 Å². The quantitative estimate of drug-likeness (QED) is 0.723. The minimum atomic E-state index is -0.660. The summed E-state index contributed by atoms with van der Waals surface area (Å²) in [5.74, 6) is -1.15. The van der Waals surface area contributed by atoms with Gasteiger partial charge in [-0.3, -0.25) is 4.79 Å². The molecule has 5 N–H and O–H groups in total. The second-order valence-electron chi connectivity index (χ2n) is 4.48. The SMILES string of the molecule is CCC(N)(CC)CNc1ccc(F)cc1C(N)=O. The molecule has 18 heavy (non-hydrogen) atoms. The molecule has 0 aliphatic rings. The van der Waals surface area contributed by atoms with Crippen LogP contribution in [0.4, 0.5) is 10.1 Å². The molecule has 0 unspecified atom stereocenters. The molecule has 0 heterocycles. The van der Waals surface area contributed by atoms with E-state index < -0.39 is 11.7 Å². The Morgan fingerprint density at radius 3 is 2.50 bits per heavy atom. The predicted molar refractivity (Wildman–Crippen MR) is 70.9 cm³/mol. The topological polar surface area (TPSA) is 81.1 Å². The van der Waals surface area contributed by atoms with E-state index in [0.717, 1.165) is 18.9 Å². The van der Waals surface area contributed by atoms with Crippen LogP contribution in [0.15, 0.2) is 18.2 Å². The van der Waals surface area contributed by atoms with Gasteiger partial charge in [0.1, 0.15) is 5.82 Å². The van der Waals surface area contributed by atoms with Crippen LogP contribution in [0.1, 0.15) is 37.0 Å². The van der Waals surface area contributed by atoms with Crippen molar-refractivity contribution in [2.75, 3.05) is 11.9 Å². The van der Waals surface area contributed by atoms with Gasteiger partial charge in [0, 0.05) is 17.8 Å². The number of nitrogens with one attached hydrogen (secondary N) is 1. The number of carbonyl (C=O) groups is 1. The lowest BCUT2D eigenvalue weighted by Crippen LogP contribution is -2.45. The fraction of sp³-hybridized carbons (Fsp3) is 0.462. The molecule has 0 saturated carbocycles. The van der Waals surface area contributed by atoms with Crippen LogP contribution in [-0.2, 0) is 0 Å². The Hall–Kier alpha value is -1.62. The second kappa shape index (κ2) is 5.82. The van der Waals surface area contributed by atoms with Crippen LogP contribution in [0.5, 0.6) is 0 Å². The molecule has 5 heteroatoms. The third-order valence-corrected chi connectivity index (χ3v) is 3.29. The molecule has 0 radical (unpaired) electrons. The lowest BCUT2D eigenvalue weighted by atomic mass is 9.94. The highest BCUT2D eigenvalue weighted by Gasteiger charge is 2.20. The van der Waals surface area contributed by atoms with Crippen LogP contribution in [0.3, 0.4) is 0 Å². The molecule has 1 aromatic carbocycles.